The van der Waals surface area contributed by atoms with Crippen molar-refractivity contribution in [1.29, 1.82) is 0 Å². The van der Waals surface area contributed by atoms with Crippen LogP contribution in [0.1, 0.15) is 53.4 Å². The molecule has 1 aliphatic rings. The summed E-state index contributed by atoms with van der Waals surface area (Å²) in [4.78, 5) is 0. The van der Waals surface area contributed by atoms with Gasteiger partial charge in [-0.2, -0.15) is 13.2 Å². The van der Waals surface area contributed by atoms with E-state index in [0.29, 0.717) is 18.4 Å². The zero-order valence-electron chi connectivity index (χ0n) is 13.0. The van der Waals surface area contributed by atoms with Crippen LogP contribution in [0.15, 0.2) is 0 Å². The molecule has 5 heteroatoms. The molecule has 0 aromatic carbocycles. The zero-order valence-corrected chi connectivity index (χ0v) is 13.8. The predicted molar refractivity (Wildman–Crippen MR) is 80.9 cm³/mol. The molecule has 0 bridgehead atoms. The highest BCUT2D eigenvalue weighted by atomic mass is 32.2. The molecule has 0 heterocycles. The molecule has 0 aliphatic heterocycles. The van der Waals surface area contributed by atoms with Gasteiger partial charge in [-0.3, -0.25) is 0 Å². The molecule has 3 unspecified atom stereocenters. The van der Waals surface area contributed by atoms with E-state index in [1.54, 1.807) is 0 Å². The molecule has 1 fully saturated rings. The number of halogens is 3. The summed E-state index contributed by atoms with van der Waals surface area (Å²) in [7, 11) is 0. The molecule has 1 nitrogen and oxygen atoms in total. The Kier molecular flexibility index (Phi) is 6.71. The Hall–Kier alpha value is 0.100. The standard InChI is InChI=1S/C15H28F3NS/c1-5-19-13-10-11(2)6-7-12(13)14(3,4)8-9-20-15(16,17)18/h11-13,19H,5-10H2,1-4H3. The van der Waals surface area contributed by atoms with Crippen LogP contribution in [-0.4, -0.2) is 23.8 Å². The van der Waals surface area contributed by atoms with E-state index >= 15 is 0 Å². The maximum Gasteiger partial charge on any atom is 0.441 e. The average molecular weight is 311 g/mol. The maximum absolute atomic E-state index is 12.3. The Morgan fingerprint density at radius 2 is 1.85 bits per heavy atom. The third-order valence-electron chi connectivity index (χ3n) is 4.59. The van der Waals surface area contributed by atoms with Crippen molar-refractivity contribution in [3.05, 3.63) is 0 Å². The lowest BCUT2D eigenvalue weighted by atomic mass is 9.65. The Morgan fingerprint density at radius 1 is 1.20 bits per heavy atom. The summed E-state index contributed by atoms with van der Waals surface area (Å²) in [5, 5.41) is 3.55. The first kappa shape index (κ1) is 18.1. The molecule has 1 rings (SSSR count). The van der Waals surface area contributed by atoms with Crippen LogP contribution in [0.4, 0.5) is 13.2 Å². The Morgan fingerprint density at radius 3 is 2.40 bits per heavy atom. The minimum atomic E-state index is -4.10. The van der Waals surface area contributed by atoms with E-state index in [-0.39, 0.29) is 22.9 Å². The number of thioether (sulfide) groups is 1. The fourth-order valence-corrected chi connectivity index (χ4v) is 4.28. The second-order valence-electron chi connectivity index (χ2n) is 6.72. The van der Waals surface area contributed by atoms with Gasteiger partial charge in [-0.05, 0) is 43.1 Å². The molecule has 0 aromatic rings. The number of hydrogen-bond acceptors (Lipinski definition) is 2. The summed E-state index contributed by atoms with van der Waals surface area (Å²) in [5.41, 5.74) is -4.14. The van der Waals surface area contributed by atoms with Gasteiger partial charge < -0.3 is 5.32 Å². The van der Waals surface area contributed by atoms with Crippen molar-refractivity contribution >= 4 is 11.8 Å². The van der Waals surface area contributed by atoms with Gasteiger partial charge in [0.2, 0.25) is 0 Å². The normalized spacial score (nSPS) is 28.6. The van der Waals surface area contributed by atoms with E-state index in [9.17, 15) is 13.2 Å². The first-order chi connectivity index (χ1) is 9.15. The molecule has 1 N–H and O–H groups in total. The molecule has 0 radical (unpaired) electrons. The van der Waals surface area contributed by atoms with Crippen LogP contribution in [0.3, 0.4) is 0 Å². The van der Waals surface area contributed by atoms with Crippen molar-refractivity contribution in [2.75, 3.05) is 12.3 Å². The second-order valence-corrected chi connectivity index (χ2v) is 7.88. The first-order valence-electron chi connectivity index (χ1n) is 7.59. The van der Waals surface area contributed by atoms with E-state index in [1.165, 1.54) is 6.42 Å². The van der Waals surface area contributed by atoms with Gasteiger partial charge in [0.25, 0.3) is 0 Å². The summed E-state index contributed by atoms with van der Waals surface area (Å²) >= 11 is 0.119. The fourth-order valence-electron chi connectivity index (χ4n) is 3.42. The lowest BCUT2D eigenvalue weighted by Crippen LogP contribution is -2.47. The Labute approximate surface area is 125 Å². The van der Waals surface area contributed by atoms with Crippen molar-refractivity contribution in [2.45, 2.75) is 64.9 Å². The summed E-state index contributed by atoms with van der Waals surface area (Å²) in [6.45, 7) is 9.57. The van der Waals surface area contributed by atoms with E-state index in [2.05, 4.69) is 33.0 Å². The fraction of sp³-hybridized carbons (Fsp3) is 1.00. The quantitative estimate of drug-likeness (QED) is 0.735. The van der Waals surface area contributed by atoms with Crippen LogP contribution in [0, 0.1) is 17.3 Å². The van der Waals surface area contributed by atoms with Gasteiger partial charge in [0.15, 0.2) is 0 Å². The van der Waals surface area contributed by atoms with Crippen LogP contribution < -0.4 is 5.32 Å². The Balaban J connectivity index is 2.58. The number of rotatable bonds is 6. The number of nitrogens with one attached hydrogen (secondary N) is 1. The summed E-state index contributed by atoms with van der Waals surface area (Å²) in [6, 6.07) is 0.453. The maximum atomic E-state index is 12.3. The van der Waals surface area contributed by atoms with E-state index in [0.717, 1.165) is 25.3 Å². The molecular weight excluding hydrogens is 283 g/mol. The van der Waals surface area contributed by atoms with Crippen LogP contribution in [0.5, 0.6) is 0 Å². The molecule has 1 saturated carbocycles. The van der Waals surface area contributed by atoms with Gasteiger partial charge in [-0.25, -0.2) is 0 Å². The molecule has 0 spiro atoms. The lowest BCUT2D eigenvalue weighted by molar-refractivity contribution is -0.0330. The topological polar surface area (TPSA) is 12.0 Å². The van der Waals surface area contributed by atoms with Gasteiger partial charge in [-0.15, -0.1) is 0 Å². The molecule has 120 valence electrons. The third-order valence-corrected chi connectivity index (χ3v) is 5.33. The zero-order chi connectivity index (χ0) is 15.4. The smallest absolute Gasteiger partial charge is 0.314 e. The van der Waals surface area contributed by atoms with Crippen molar-refractivity contribution in [1.82, 2.24) is 5.32 Å². The van der Waals surface area contributed by atoms with E-state index in [1.807, 2.05) is 0 Å². The highest BCUT2D eigenvalue weighted by Gasteiger charge is 2.39. The highest BCUT2D eigenvalue weighted by molar-refractivity contribution is 8.00. The molecular formula is C15H28F3NS. The predicted octanol–water partition coefficient (Wildman–Crippen LogP) is 5.07. The van der Waals surface area contributed by atoms with Gasteiger partial charge in [0.1, 0.15) is 0 Å². The molecule has 20 heavy (non-hydrogen) atoms. The first-order valence-corrected chi connectivity index (χ1v) is 8.58. The number of hydrogen-bond donors (Lipinski definition) is 1. The lowest BCUT2D eigenvalue weighted by Gasteiger charge is -2.44. The minimum absolute atomic E-state index is 0.0365. The SMILES string of the molecule is CCNC1CC(C)CCC1C(C)(C)CCSC(F)(F)F. The van der Waals surface area contributed by atoms with Crippen molar-refractivity contribution < 1.29 is 13.2 Å². The van der Waals surface area contributed by atoms with E-state index < -0.39 is 5.51 Å². The number of alkyl halides is 3. The van der Waals surface area contributed by atoms with Gasteiger partial charge >= 0.3 is 5.51 Å². The van der Waals surface area contributed by atoms with Crippen molar-refractivity contribution in [2.24, 2.45) is 17.3 Å². The molecule has 0 aromatic heterocycles. The highest BCUT2D eigenvalue weighted by Crippen LogP contribution is 2.44. The summed E-state index contributed by atoms with van der Waals surface area (Å²) < 4.78 is 36.8. The monoisotopic (exact) mass is 311 g/mol. The molecule has 1 aliphatic carbocycles. The van der Waals surface area contributed by atoms with Crippen molar-refractivity contribution in [3.8, 4) is 0 Å². The third kappa shape index (κ3) is 5.84. The van der Waals surface area contributed by atoms with Crippen LogP contribution in [0.25, 0.3) is 0 Å². The molecule has 0 amide bonds. The largest absolute Gasteiger partial charge is 0.441 e. The van der Waals surface area contributed by atoms with Gasteiger partial charge in [0.05, 0.1) is 0 Å². The average Bonchev–Trinajstić information content (AvgIpc) is 2.26. The Bertz CT molecular complexity index is 291. The van der Waals surface area contributed by atoms with Gasteiger partial charge in [-0.1, -0.05) is 45.9 Å². The molecule has 3 atom stereocenters. The van der Waals surface area contributed by atoms with E-state index in [4.69, 9.17) is 0 Å². The summed E-state index contributed by atoms with van der Waals surface area (Å²) in [6.07, 6.45) is 4.09. The van der Waals surface area contributed by atoms with Crippen molar-refractivity contribution in [3.63, 3.8) is 0 Å². The minimum Gasteiger partial charge on any atom is -0.314 e. The van der Waals surface area contributed by atoms with Gasteiger partial charge in [0, 0.05) is 11.8 Å². The second kappa shape index (κ2) is 7.39. The molecule has 0 saturated heterocycles. The summed E-state index contributed by atoms with van der Waals surface area (Å²) in [5.74, 6) is 1.37. The van der Waals surface area contributed by atoms with Crippen LogP contribution in [-0.2, 0) is 0 Å². The van der Waals surface area contributed by atoms with Crippen LogP contribution in [0.2, 0.25) is 0 Å². The van der Waals surface area contributed by atoms with Crippen LogP contribution >= 0.6 is 11.8 Å².